The highest BCUT2D eigenvalue weighted by atomic mass is 15.0. The first kappa shape index (κ1) is 20.7. The van der Waals surface area contributed by atoms with Gasteiger partial charge in [-0.15, -0.1) is 0 Å². The lowest BCUT2D eigenvalue weighted by molar-refractivity contribution is 0.300. The van der Waals surface area contributed by atoms with Crippen molar-refractivity contribution in [2.45, 2.75) is 84.5 Å². The molecular formula is C24H37N2+. The summed E-state index contributed by atoms with van der Waals surface area (Å²) in [6.45, 7) is 4.57. The molecule has 0 fully saturated rings. The number of aliphatic imine (C=N–C) groups is 2. The third-order valence-electron chi connectivity index (χ3n) is 5.59. The van der Waals surface area contributed by atoms with E-state index in [1.165, 1.54) is 63.4 Å². The molecule has 0 spiro atoms. The van der Waals surface area contributed by atoms with Crippen LogP contribution < -0.4 is 0 Å². The van der Waals surface area contributed by atoms with Crippen LogP contribution in [0.3, 0.4) is 0 Å². The number of rotatable bonds is 14. The number of unbranched alkanes of at least 4 members (excludes halogenated alkanes) is 7. The zero-order chi connectivity index (χ0) is 18.5. The highest BCUT2D eigenvalue weighted by molar-refractivity contribution is 6.18. The van der Waals surface area contributed by atoms with E-state index in [0.29, 0.717) is 11.8 Å². The molecule has 0 N–H and O–H groups in total. The lowest BCUT2D eigenvalue weighted by Crippen LogP contribution is -2.21. The third kappa shape index (κ3) is 7.35. The maximum absolute atomic E-state index is 4.53. The molecule has 0 aliphatic carbocycles. The zero-order valence-electron chi connectivity index (χ0n) is 16.9. The van der Waals surface area contributed by atoms with Gasteiger partial charge in [-0.05, 0) is 30.7 Å². The van der Waals surface area contributed by atoms with Gasteiger partial charge in [-0.3, -0.25) is 0 Å². The summed E-state index contributed by atoms with van der Waals surface area (Å²) >= 11 is 0. The molecule has 1 aliphatic heterocycles. The first-order valence-corrected chi connectivity index (χ1v) is 10.8. The summed E-state index contributed by atoms with van der Waals surface area (Å²) < 4.78 is 0. The number of hydrogen-bond donors (Lipinski definition) is 0. The Morgan fingerprint density at radius 2 is 1.42 bits per heavy atom. The second kappa shape index (κ2) is 12.7. The van der Waals surface area contributed by atoms with Crippen molar-refractivity contribution in [1.29, 1.82) is 0 Å². The van der Waals surface area contributed by atoms with Gasteiger partial charge in [-0.2, -0.15) is 0 Å². The molecule has 142 valence electrons. The molecule has 0 saturated carbocycles. The van der Waals surface area contributed by atoms with Crippen LogP contribution in [0.5, 0.6) is 0 Å². The Balaban J connectivity index is 1.82. The van der Waals surface area contributed by atoms with E-state index < -0.39 is 0 Å². The van der Waals surface area contributed by atoms with E-state index in [-0.39, 0.29) is 0 Å². The minimum absolute atomic E-state index is 0.481. The van der Waals surface area contributed by atoms with Crippen molar-refractivity contribution in [3.05, 3.63) is 42.1 Å². The first-order valence-electron chi connectivity index (χ1n) is 10.8. The summed E-state index contributed by atoms with van der Waals surface area (Å²) in [7, 11) is 0. The molecule has 1 heterocycles. The maximum atomic E-state index is 4.53. The molecule has 2 heteroatoms. The molecule has 1 aromatic rings. The lowest BCUT2D eigenvalue weighted by atomic mass is 9.80. The van der Waals surface area contributed by atoms with E-state index in [4.69, 9.17) is 0 Å². The van der Waals surface area contributed by atoms with Crippen LogP contribution in [0.4, 0.5) is 0 Å². The number of nitrogens with zero attached hydrogens (tertiary/aromatic N) is 2. The van der Waals surface area contributed by atoms with E-state index in [1.807, 2.05) is 12.4 Å². The fourth-order valence-corrected chi connectivity index (χ4v) is 4.07. The molecule has 0 saturated heterocycles. The molecule has 2 rings (SSSR count). The van der Waals surface area contributed by atoms with Gasteiger partial charge in [0.2, 0.25) is 6.17 Å². The number of benzene rings is 1. The van der Waals surface area contributed by atoms with Gasteiger partial charge in [0.1, 0.15) is 0 Å². The van der Waals surface area contributed by atoms with Crippen molar-refractivity contribution in [2.24, 2.45) is 21.8 Å². The molecule has 0 aromatic heterocycles. The Bertz CT molecular complexity index is 508. The average molecular weight is 354 g/mol. The monoisotopic (exact) mass is 353 g/mol. The smallest absolute Gasteiger partial charge is 0.0965 e. The molecule has 0 radical (unpaired) electrons. The van der Waals surface area contributed by atoms with Gasteiger partial charge in [-0.1, -0.05) is 106 Å². The Kier molecular flexibility index (Phi) is 10.2. The second-order valence-electron chi connectivity index (χ2n) is 7.64. The van der Waals surface area contributed by atoms with Crippen molar-refractivity contribution in [3.63, 3.8) is 0 Å². The van der Waals surface area contributed by atoms with Crippen LogP contribution in [-0.4, -0.2) is 12.4 Å². The van der Waals surface area contributed by atoms with Crippen molar-refractivity contribution >= 4 is 12.4 Å². The molecular weight excluding hydrogens is 316 g/mol. The van der Waals surface area contributed by atoms with Crippen LogP contribution in [-0.2, 0) is 6.42 Å². The van der Waals surface area contributed by atoms with E-state index in [9.17, 15) is 0 Å². The van der Waals surface area contributed by atoms with E-state index >= 15 is 0 Å². The predicted octanol–water partition coefficient (Wildman–Crippen LogP) is 7.05. The largest absolute Gasteiger partial charge is 0.244 e. The summed E-state index contributed by atoms with van der Waals surface area (Å²) in [6, 6.07) is 10.9. The molecule has 26 heavy (non-hydrogen) atoms. The molecule has 1 aromatic carbocycles. The van der Waals surface area contributed by atoms with Gasteiger partial charge < -0.3 is 0 Å². The summed E-state index contributed by atoms with van der Waals surface area (Å²) in [5.41, 5.74) is 1.45. The first-order chi connectivity index (χ1) is 12.8. The van der Waals surface area contributed by atoms with Crippen molar-refractivity contribution in [2.75, 3.05) is 0 Å². The average Bonchev–Trinajstić information content (AvgIpc) is 3.19. The van der Waals surface area contributed by atoms with Crippen LogP contribution in [0.2, 0.25) is 0 Å². The second-order valence-corrected chi connectivity index (χ2v) is 7.64. The minimum Gasteiger partial charge on any atom is -0.0965 e. The van der Waals surface area contributed by atoms with Crippen molar-refractivity contribution < 1.29 is 0 Å². The summed E-state index contributed by atoms with van der Waals surface area (Å²) in [6.07, 6.45) is 19.4. The van der Waals surface area contributed by atoms with E-state index in [1.54, 1.807) is 0 Å². The molecule has 0 bridgehead atoms. The van der Waals surface area contributed by atoms with Gasteiger partial charge in [-0.25, -0.2) is 0 Å². The van der Waals surface area contributed by atoms with Gasteiger partial charge in [0, 0.05) is 0 Å². The quantitative estimate of drug-likeness (QED) is 0.253. The Labute approximate surface area is 161 Å². The molecule has 1 aliphatic rings. The van der Waals surface area contributed by atoms with Gasteiger partial charge in [0.05, 0.1) is 5.92 Å². The molecule has 2 unspecified atom stereocenters. The lowest BCUT2D eigenvalue weighted by Gasteiger charge is -2.24. The summed E-state index contributed by atoms with van der Waals surface area (Å²) in [5, 5.41) is 0. The highest BCUT2D eigenvalue weighted by Gasteiger charge is 2.34. The third-order valence-corrected chi connectivity index (χ3v) is 5.59. The van der Waals surface area contributed by atoms with Gasteiger partial charge in [0.25, 0.3) is 0 Å². The van der Waals surface area contributed by atoms with Crippen LogP contribution in [0.25, 0.3) is 0 Å². The van der Waals surface area contributed by atoms with Gasteiger partial charge in [0.15, 0.2) is 12.4 Å². The summed E-state index contributed by atoms with van der Waals surface area (Å²) in [5.74, 6) is 1.12. The number of hydrogen-bond acceptors (Lipinski definition) is 2. The SMILES string of the molecule is CCCCCCCCCCC(Cc1ccccc1)C(CC)[C+]1N=CC=N1. The Morgan fingerprint density at radius 3 is 2.04 bits per heavy atom. The highest BCUT2D eigenvalue weighted by Crippen LogP contribution is 2.35. The topological polar surface area (TPSA) is 24.7 Å². The van der Waals surface area contributed by atoms with E-state index in [0.717, 1.165) is 19.0 Å². The maximum Gasteiger partial charge on any atom is 0.244 e. The minimum atomic E-state index is 0.481. The fraction of sp³-hybridized carbons (Fsp3) is 0.625. The zero-order valence-corrected chi connectivity index (χ0v) is 16.9. The normalized spacial score (nSPS) is 15.5. The fourth-order valence-electron chi connectivity index (χ4n) is 4.07. The van der Waals surface area contributed by atoms with Crippen LogP contribution in [0, 0.1) is 18.0 Å². The van der Waals surface area contributed by atoms with E-state index in [2.05, 4.69) is 54.2 Å². The van der Waals surface area contributed by atoms with Crippen LogP contribution in [0.1, 0.15) is 83.6 Å². The van der Waals surface area contributed by atoms with Crippen molar-refractivity contribution in [1.82, 2.24) is 0 Å². The van der Waals surface area contributed by atoms with Crippen LogP contribution >= 0.6 is 0 Å². The molecule has 2 atom stereocenters. The van der Waals surface area contributed by atoms with Crippen molar-refractivity contribution in [3.8, 4) is 0 Å². The Hall–Kier alpha value is -1.57. The predicted molar refractivity (Wildman–Crippen MR) is 115 cm³/mol. The Morgan fingerprint density at radius 1 is 0.808 bits per heavy atom. The molecule has 0 amide bonds. The van der Waals surface area contributed by atoms with Gasteiger partial charge >= 0.3 is 0 Å². The summed E-state index contributed by atoms with van der Waals surface area (Å²) in [4.78, 5) is 9.05. The standard InChI is InChI=1S/C24H37N2/c1-3-5-6-7-8-9-10-14-17-22(20-21-15-12-11-13-16-21)23(4-2)24-25-18-19-26-24/h11-13,15-16,18-19,22-23H,3-10,14,17,20H2,1-2H3/q+1. The molecule has 2 nitrogen and oxygen atoms in total. The van der Waals surface area contributed by atoms with Crippen LogP contribution in [0.15, 0.2) is 40.3 Å².